The van der Waals surface area contributed by atoms with Crippen molar-refractivity contribution in [3.63, 3.8) is 0 Å². The highest BCUT2D eigenvalue weighted by Gasteiger charge is 2.18. The molecule has 1 aliphatic heterocycles. The Morgan fingerprint density at radius 2 is 2.10 bits per heavy atom. The number of piperazine rings is 1. The highest BCUT2D eigenvalue weighted by atomic mass is 16.2. The molecule has 0 aliphatic carbocycles. The molecule has 20 heavy (non-hydrogen) atoms. The monoisotopic (exact) mass is 280 g/mol. The maximum atomic E-state index is 11.9. The molecule has 110 valence electrons. The van der Waals surface area contributed by atoms with Crippen molar-refractivity contribution in [1.29, 1.82) is 0 Å². The van der Waals surface area contributed by atoms with E-state index in [1.165, 1.54) is 0 Å². The molecule has 0 atom stereocenters. The average molecular weight is 280 g/mol. The van der Waals surface area contributed by atoms with Crippen LogP contribution in [0.25, 0.3) is 0 Å². The summed E-state index contributed by atoms with van der Waals surface area (Å²) in [7, 11) is 0. The van der Waals surface area contributed by atoms with Crippen molar-refractivity contribution in [3.8, 4) is 0 Å². The predicted octanol–water partition coefficient (Wildman–Crippen LogP) is -1.08. The largest absolute Gasteiger partial charge is 0.340 e. The van der Waals surface area contributed by atoms with E-state index in [9.17, 15) is 9.59 Å². The summed E-state index contributed by atoms with van der Waals surface area (Å²) in [6.45, 7) is 4.94. The Kier molecular flexibility index (Phi) is 5.05. The van der Waals surface area contributed by atoms with Crippen molar-refractivity contribution in [2.24, 2.45) is 0 Å². The number of nitrogens with zero attached hydrogens (tertiary/aromatic N) is 3. The van der Waals surface area contributed by atoms with E-state index in [0.717, 1.165) is 25.9 Å². The molecule has 2 rings (SSSR count). The smallest absolute Gasteiger partial charge is 0.291 e. The fourth-order valence-electron chi connectivity index (χ4n) is 2.01. The van der Waals surface area contributed by atoms with E-state index in [0.29, 0.717) is 18.9 Å². The third kappa shape index (κ3) is 3.77. The second-order valence-corrected chi connectivity index (χ2v) is 4.67. The lowest BCUT2D eigenvalue weighted by Crippen LogP contribution is -2.49. The standard InChI is InChI=1S/C12H20N6O2/c1-2-3-9-15-11(17-16-9)12(20)14-8-10(19)18-6-4-13-5-7-18/h13H,2-8H2,1H3,(H,14,20)(H,15,16,17). The highest BCUT2D eigenvalue weighted by molar-refractivity contribution is 5.93. The van der Waals surface area contributed by atoms with Gasteiger partial charge in [0.25, 0.3) is 5.91 Å². The number of carbonyl (C=O) groups excluding carboxylic acids is 2. The van der Waals surface area contributed by atoms with Crippen LogP contribution in [0.1, 0.15) is 29.8 Å². The Balaban J connectivity index is 1.80. The van der Waals surface area contributed by atoms with Crippen LogP contribution in [-0.2, 0) is 11.2 Å². The van der Waals surface area contributed by atoms with Gasteiger partial charge in [-0.3, -0.25) is 14.7 Å². The summed E-state index contributed by atoms with van der Waals surface area (Å²) in [5.74, 6) is 0.267. The lowest BCUT2D eigenvalue weighted by molar-refractivity contribution is -0.130. The van der Waals surface area contributed by atoms with Crippen molar-refractivity contribution in [1.82, 2.24) is 30.7 Å². The van der Waals surface area contributed by atoms with Gasteiger partial charge < -0.3 is 15.5 Å². The number of carbonyl (C=O) groups is 2. The van der Waals surface area contributed by atoms with Crippen LogP contribution in [-0.4, -0.2) is 64.6 Å². The van der Waals surface area contributed by atoms with E-state index >= 15 is 0 Å². The number of aromatic amines is 1. The van der Waals surface area contributed by atoms with Crippen LogP contribution in [0.3, 0.4) is 0 Å². The number of aryl methyl sites for hydroxylation is 1. The molecule has 8 heteroatoms. The minimum Gasteiger partial charge on any atom is -0.340 e. The van der Waals surface area contributed by atoms with Gasteiger partial charge in [0.2, 0.25) is 11.7 Å². The predicted molar refractivity (Wildman–Crippen MR) is 72.2 cm³/mol. The highest BCUT2D eigenvalue weighted by Crippen LogP contribution is 1.97. The molecule has 0 spiro atoms. The van der Waals surface area contributed by atoms with Crippen LogP contribution in [0.5, 0.6) is 0 Å². The number of aromatic nitrogens is 3. The van der Waals surface area contributed by atoms with E-state index in [1.807, 2.05) is 6.92 Å². The Morgan fingerprint density at radius 3 is 2.80 bits per heavy atom. The van der Waals surface area contributed by atoms with Gasteiger partial charge in [-0.05, 0) is 6.42 Å². The van der Waals surface area contributed by atoms with E-state index in [2.05, 4.69) is 25.8 Å². The van der Waals surface area contributed by atoms with Crippen LogP contribution in [0, 0.1) is 0 Å². The topological polar surface area (TPSA) is 103 Å². The molecular formula is C12H20N6O2. The molecule has 1 aromatic heterocycles. The molecule has 2 heterocycles. The van der Waals surface area contributed by atoms with Gasteiger partial charge in [-0.1, -0.05) is 6.92 Å². The van der Waals surface area contributed by atoms with E-state index in [4.69, 9.17) is 0 Å². The summed E-state index contributed by atoms with van der Waals surface area (Å²) in [5.41, 5.74) is 0. The zero-order chi connectivity index (χ0) is 14.4. The van der Waals surface area contributed by atoms with Crippen LogP contribution in [0.4, 0.5) is 0 Å². The van der Waals surface area contributed by atoms with E-state index in [1.54, 1.807) is 4.90 Å². The average Bonchev–Trinajstić information content (AvgIpc) is 2.94. The molecule has 1 saturated heterocycles. The zero-order valence-electron chi connectivity index (χ0n) is 11.6. The Labute approximate surface area is 117 Å². The number of hydrogen-bond donors (Lipinski definition) is 3. The summed E-state index contributed by atoms with van der Waals surface area (Å²) in [5, 5.41) is 12.3. The fourth-order valence-corrected chi connectivity index (χ4v) is 2.01. The van der Waals surface area contributed by atoms with Crippen molar-refractivity contribution >= 4 is 11.8 Å². The summed E-state index contributed by atoms with van der Waals surface area (Å²) in [6.07, 6.45) is 1.68. The fraction of sp³-hybridized carbons (Fsp3) is 0.667. The Morgan fingerprint density at radius 1 is 1.35 bits per heavy atom. The van der Waals surface area contributed by atoms with Crippen molar-refractivity contribution < 1.29 is 9.59 Å². The van der Waals surface area contributed by atoms with Gasteiger partial charge in [0.05, 0.1) is 6.54 Å². The molecule has 0 radical (unpaired) electrons. The summed E-state index contributed by atoms with van der Waals surface area (Å²) in [6, 6.07) is 0. The van der Waals surface area contributed by atoms with Crippen LogP contribution in [0.2, 0.25) is 0 Å². The molecule has 0 aromatic carbocycles. The van der Waals surface area contributed by atoms with Crippen molar-refractivity contribution in [3.05, 3.63) is 11.6 Å². The Bertz CT molecular complexity index is 466. The van der Waals surface area contributed by atoms with Gasteiger partial charge in [0, 0.05) is 32.6 Å². The number of nitrogens with one attached hydrogen (secondary N) is 3. The normalized spacial score (nSPS) is 15.2. The van der Waals surface area contributed by atoms with Crippen molar-refractivity contribution in [2.45, 2.75) is 19.8 Å². The number of rotatable bonds is 5. The van der Waals surface area contributed by atoms with Gasteiger partial charge in [-0.2, -0.15) is 0 Å². The number of amides is 2. The van der Waals surface area contributed by atoms with E-state index in [-0.39, 0.29) is 18.3 Å². The molecule has 2 amide bonds. The van der Waals surface area contributed by atoms with Gasteiger partial charge in [0.1, 0.15) is 5.82 Å². The molecule has 1 aliphatic rings. The molecule has 0 unspecified atom stereocenters. The van der Waals surface area contributed by atoms with Crippen LogP contribution >= 0.6 is 0 Å². The van der Waals surface area contributed by atoms with E-state index < -0.39 is 5.91 Å². The second-order valence-electron chi connectivity index (χ2n) is 4.67. The van der Waals surface area contributed by atoms with Crippen molar-refractivity contribution in [2.75, 3.05) is 32.7 Å². The minimum atomic E-state index is -0.424. The maximum Gasteiger partial charge on any atom is 0.291 e. The van der Waals surface area contributed by atoms with Gasteiger partial charge in [-0.25, -0.2) is 4.98 Å². The van der Waals surface area contributed by atoms with Gasteiger partial charge >= 0.3 is 0 Å². The lowest BCUT2D eigenvalue weighted by Gasteiger charge is -2.27. The van der Waals surface area contributed by atoms with Gasteiger partial charge in [0.15, 0.2) is 0 Å². The maximum absolute atomic E-state index is 11.9. The first kappa shape index (κ1) is 14.4. The molecule has 1 aromatic rings. The summed E-state index contributed by atoms with van der Waals surface area (Å²) in [4.78, 5) is 29.5. The van der Waals surface area contributed by atoms with Crippen LogP contribution < -0.4 is 10.6 Å². The third-order valence-corrected chi connectivity index (χ3v) is 3.09. The first-order chi connectivity index (χ1) is 9.70. The molecule has 3 N–H and O–H groups in total. The third-order valence-electron chi connectivity index (χ3n) is 3.09. The molecular weight excluding hydrogens is 260 g/mol. The molecule has 0 saturated carbocycles. The quantitative estimate of drug-likeness (QED) is 0.636. The first-order valence-corrected chi connectivity index (χ1v) is 6.88. The first-order valence-electron chi connectivity index (χ1n) is 6.88. The molecule has 1 fully saturated rings. The summed E-state index contributed by atoms with van der Waals surface area (Å²) < 4.78 is 0. The SMILES string of the molecule is CCCc1nc(C(=O)NCC(=O)N2CCNCC2)n[nH]1. The Hall–Kier alpha value is -1.96. The lowest BCUT2D eigenvalue weighted by atomic mass is 10.3. The summed E-state index contributed by atoms with van der Waals surface area (Å²) >= 11 is 0. The zero-order valence-corrected chi connectivity index (χ0v) is 11.6. The van der Waals surface area contributed by atoms with Crippen LogP contribution in [0.15, 0.2) is 0 Å². The minimum absolute atomic E-state index is 0.0174. The second kappa shape index (κ2) is 6.99. The number of hydrogen-bond acceptors (Lipinski definition) is 5. The van der Waals surface area contributed by atoms with Gasteiger partial charge in [-0.15, -0.1) is 5.10 Å². The number of H-pyrrole nitrogens is 1. The molecule has 8 nitrogen and oxygen atoms in total. The molecule has 0 bridgehead atoms.